The number of piperidine rings is 1. The van der Waals surface area contributed by atoms with Crippen LogP contribution < -0.4 is 19.5 Å². The van der Waals surface area contributed by atoms with E-state index in [-0.39, 0.29) is 0 Å². The van der Waals surface area contributed by atoms with Crippen molar-refractivity contribution in [3.05, 3.63) is 78.0 Å². The fourth-order valence-corrected chi connectivity index (χ4v) is 6.42. The van der Waals surface area contributed by atoms with Gasteiger partial charge in [-0.25, -0.2) is 4.98 Å². The summed E-state index contributed by atoms with van der Waals surface area (Å²) in [5.41, 5.74) is 5.05. The number of ether oxygens (including phenoxy) is 3. The van der Waals surface area contributed by atoms with Crippen molar-refractivity contribution in [2.24, 2.45) is 0 Å². The Morgan fingerprint density at radius 2 is 1.71 bits per heavy atom. The van der Waals surface area contributed by atoms with E-state index in [4.69, 9.17) is 19.2 Å². The van der Waals surface area contributed by atoms with Crippen LogP contribution in [-0.2, 0) is 6.54 Å². The molecule has 0 bridgehead atoms. The first kappa shape index (κ1) is 32.6. The zero-order valence-corrected chi connectivity index (χ0v) is 28.2. The number of hydrogen-bond acceptors (Lipinski definition) is 6. The highest BCUT2D eigenvalue weighted by molar-refractivity contribution is 5.90. The first-order chi connectivity index (χ1) is 22.0. The van der Waals surface area contributed by atoms with Crippen molar-refractivity contribution in [3.8, 4) is 17.2 Å². The van der Waals surface area contributed by atoms with E-state index >= 15 is 0 Å². The summed E-state index contributed by atoms with van der Waals surface area (Å²) in [6.45, 7) is 15.4. The topological polar surface area (TPSA) is 55.9 Å². The summed E-state index contributed by atoms with van der Waals surface area (Å²) in [7, 11) is 3.43. The summed E-state index contributed by atoms with van der Waals surface area (Å²) in [5.74, 6) is 3.24. The minimum Gasteiger partial charge on any atom is -0.497 e. The smallest absolute Gasteiger partial charge is 0.183 e. The van der Waals surface area contributed by atoms with E-state index in [0.717, 1.165) is 83.0 Å². The van der Waals surface area contributed by atoms with Gasteiger partial charge in [-0.3, -0.25) is 4.90 Å². The first-order valence-electron chi connectivity index (χ1n) is 16.9. The molecule has 1 N–H and O–H groups in total. The lowest BCUT2D eigenvalue weighted by Crippen LogP contribution is -2.57. The van der Waals surface area contributed by atoms with Crippen LogP contribution in [0.3, 0.4) is 0 Å². The summed E-state index contributed by atoms with van der Waals surface area (Å²) in [6.07, 6.45) is 8.22. The molecule has 1 saturated heterocycles. The lowest BCUT2D eigenvalue weighted by Gasteiger charge is -2.46. The quantitative estimate of drug-likeness (QED) is 0.235. The van der Waals surface area contributed by atoms with Gasteiger partial charge in [-0.1, -0.05) is 71.7 Å². The van der Waals surface area contributed by atoms with E-state index in [1.54, 1.807) is 14.2 Å². The van der Waals surface area contributed by atoms with Gasteiger partial charge in [-0.05, 0) is 71.5 Å². The third kappa shape index (κ3) is 6.91. The van der Waals surface area contributed by atoms with Crippen LogP contribution >= 0.6 is 0 Å². The van der Waals surface area contributed by atoms with Gasteiger partial charge in [0.2, 0.25) is 0 Å². The van der Waals surface area contributed by atoms with E-state index < -0.39 is 5.72 Å². The van der Waals surface area contributed by atoms with Crippen LogP contribution in [0.4, 0.5) is 0 Å². The molecule has 0 unspecified atom stereocenters. The number of aromatic nitrogens is 1. The number of nitrogens with zero attached hydrogens (tertiary/aromatic N) is 2. The van der Waals surface area contributed by atoms with Crippen molar-refractivity contribution >= 4 is 27.4 Å². The average Bonchev–Trinajstić information content (AvgIpc) is 3.05. The molecule has 0 amide bonds. The van der Waals surface area contributed by atoms with Gasteiger partial charge in [0.25, 0.3) is 0 Å². The molecular formula is C39H51N3O3. The summed E-state index contributed by atoms with van der Waals surface area (Å²) < 4.78 is 17.8. The molecule has 0 atom stereocenters. The molecule has 4 aromatic rings. The minimum absolute atomic E-state index is 0.433. The van der Waals surface area contributed by atoms with Gasteiger partial charge in [0.1, 0.15) is 22.8 Å². The van der Waals surface area contributed by atoms with Gasteiger partial charge in [0.05, 0.1) is 19.9 Å². The number of methoxy groups -OCH3 is 2. The van der Waals surface area contributed by atoms with Gasteiger partial charge in [-0.15, -0.1) is 0 Å². The van der Waals surface area contributed by atoms with Crippen LogP contribution in [-0.4, -0.2) is 42.9 Å². The molecule has 1 aromatic heterocycles. The number of nitrogens with one attached hydrogen (secondary N) is 1. The predicted octanol–water partition coefficient (Wildman–Crippen LogP) is 9.45. The zero-order chi connectivity index (χ0) is 32.0. The number of benzene rings is 3. The fourth-order valence-electron chi connectivity index (χ4n) is 6.42. The Labute approximate surface area is 269 Å². The van der Waals surface area contributed by atoms with E-state index in [2.05, 4.69) is 73.1 Å². The Hall–Kier alpha value is -3.77. The van der Waals surface area contributed by atoms with E-state index in [1.165, 1.54) is 43.1 Å². The Bertz CT molecular complexity index is 1620. The van der Waals surface area contributed by atoms with Crippen LogP contribution in [0.5, 0.6) is 17.2 Å². The van der Waals surface area contributed by atoms with E-state index in [0.29, 0.717) is 5.92 Å². The highest BCUT2D eigenvalue weighted by atomic mass is 16.5. The lowest BCUT2D eigenvalue weighted by atomic mass is 9.78. The first-order valence-corrected chi connectivity index (χ1v) is 16.9. The second kappa shape index (κ2) is 14.6. The van der Waals surface area contributed by atoms with Crippen molar-refractivity contribution in [2.75, 3.05) is 27.3 Å². The van der Waals surface area contributed by atoms with E-state index in [1.807, 2.05) is 26.0 Å². The monoisotopic (exact) mass is 609 g/mol. The largest absolute Gasteiger partial charge is 0.497 e. The lowest BCUT2D eigenvalue weighted by molar-refractivity contribution is -0.0206. The number of para-hydroxylation sites is 1. The Balaban J connectivity index is 0.000000620. The fraction of sp³-hybridized carbons (Fsp3) is 0.462. The van der Waals surface area contributed by atoms with Crippen molar-refractivity contribution in [3.63, 3.8) is 0 Å². The Kier molecular flexibility index (Phi) is 10.5. The van der Waals surface area contributed by atoms with Crippen LogP contribution in [0.2, 0.25) is 0 Å². The molecule has 2 fully saturated rings. The van der Waals surface area contributed by atoms with Gasteiger partial charge < -0.3 is 19.5 Å². The molecule has 2 aliphatic heterocycles. The van der Waals surface area contributed by atoms with Gasteiger partial charge in [-0.2, -0.15) is 0 Å². The van der Waals surface area contributed by atoms with Crippen molar-refractivity contribution < 1.29 is 14.2 Å². The van der Waals surface area contributed by atoms with E-state index in [9.17, 15) is 0 Å². The average molecular weight is 610 g/mol. The number of unbranched alkanes of at least 4 members (excludes halogenated alkanes) is 1. The normalized spacial score (nSPS) is 17.2. The summed E-state index contributed by atoms with van der Waals surface area (Å²) in [5, 5.41) is 7.13. The molecule has 1 aliphatic carbocycles. The maximum Gasteiger partial charge on any atom is 0.183 e. The third-order valence-electron chi connectivity index (χ3n) is 9.36. The molecule has 7 rings (SSSR count). The number of fused-ring (bicyclic) bond motifs is 3. The highest BCUT2D eigenvalue weighted by Crippen LogP contribution is 2.42. The highest BCUT2D eigenvalue weighted by Gasteiger charge is 2.41. The summed E-state index contributed by atoms with van der Waals surface area (Å²) in [6, 6.07) is 19.1. The molecule has 6 nitrogen and oxygen atoms in total. The molecule has 3 heterocycles. The van der Waals surface area contributed by atoms with Gasteiger partial charge >= 0.3 is 0 Å². The molecule has 3 aliphatic rings. The predicted molar refractivity (Wildman–Crippen MR) is 187 cm³/mol. The number of likely N-dealkylation sites (tertiary alicyclic amines) is 1. The number of rotatable bonds is 6. The SMILES string of the molecule is C=C1NC2(CCN(Cc3cc(C4CCC4)c4cccc(OC)c4n3)CC2)Oc2cc3ccc(OC)cc3cc21.CC.CCCC. The second-order valence-corrected chi connectivity index (χ2v) is 12.2. The zero-order valence-electron chi connectivity index (χ0n) is 28.2. The van der Waals surface area contributed by atoms with Crippen LogP contribution in [0.1, 0.15) is 95.4 Å². The molecular weight excluding hydrogens is 558 g/mol. The maximum absolute atomic E-state index is 6.69. The second-order valence-electron chi connectivity index (χ2n) is 12.2. The van der Waals surface area contributed by atoms with Crippen LogP contribution in [0.15, 0.2) is 61.2 Å². The third-order valence-corrected chi connectivity index (χ3v) is 9.36. The number of hydrogen-bond donors (Lipinski definition) is 1. The summed E-state index contributed by atoms with van der Waals surface area (Å²) in [4.78, 5) is 7.59. The Morgan fingerprint density at radius 3 is 2.36 bits per heavy atom. The van der Waals surface area contributed by atoms with Crippen molar-refractivity contribution in [1.82, 2.24) is 15.2 Å². The van der Waals surface area contributed by atoms with Crippen LogP contribution in [0, 0.1) is 0 Å². The molecule has 45 heavy (non-hydrogen) atoms. The molecule has 1 saturated carbocycles. The van der Waals surface area contributed by atoms with Crippen molar-refractivity contribution in [1.29, 1.82) is 0 Å². The molecule has 3 aromatic carbocycles. The molecule has 0 radical (unpaired) electrons. The van der Waals surface area contributed by atoms with Gasteiger partial charge in [0.15, 0.2) is 5.72 Å². The minimum atomic E-state index is -0.433. The molecule has 6 heteroatoms. The maximum atomic E-state index is 6.69. The standard InChI is InChI=1S/C33H35N3O3.C4H10.C2H6/c1-21-28-17-24-16-26(37-2)11-10-23(24)18-31(28)39-33(35-21)12-14-36(15-13-33)20-25-19-29(22-6-4-7-22)27-8-5-9-30(38-3)32(27)34-25;1-3-4-2;1-2/h5,8-11,16-19,22,35H,1,4,6-7,12-15,20H2,2-3H3;3-4H2,1-2H3;1-2H3. The molecule has 1 spiro atoms. The number of pyridine rings is 1. The Morgan fingerprint density at radius 1 is 0.956 bits per heavy atom. The van der Waals surface area contributed by atoms with Crippen molar-refractivity contribution in [2.45, 2.75) is 90.8 Å². The van der Waals surface area contributed by atoms with Gasteiger partial charge in [0, 0.05) is 49.1 Å². The van der Waals surface area contributed by atoms with Crippen LogP contribution in [0.25, 0.3) is 27.4 Å². The molecule has 240 valence electrons. The summed E-state index contributed by atoms with van der Waals surface area (Å²) >= 11 is 0.